The van der Waals surface area contributed by atoms with E-state index in [0.717, 1.165) is 51.0 Å². The summed E-state index contributed by atoms with van der Waals surface area (Å²) in [5, 5.41) is 0. The van der Waals surface area contributed by atoms with Gasteiger partial charge in [-0.25, -0.2) is 13.2 Å². The maximum atomic E-state index is 13.7. The summed E-state index contributed by atoms with van der Waals surface area (Å²) in [5.74, 6) is -2.75. The van der Waals surface area contributed by atoms with Crippen molar-refractivity contribution in [2.75, 3.05) is 7.11 Å². The van der Waals surface area contributed by atoms with Crippen molar-refractivity contribution in [3.05, 3.63) is 35.1 Å². The molecule has 1 aromatic carbocycles. The first-order valence-electron chi connectivity index (χ1n) is 11.7. The van der Waals surface area contributed by atoms with E-state index in [1.165, 1.54) is 44.9 Å². The number of hydrogen-bond acceptors (Lipinski definition) is 1. The van der Waals surface area contributed by atoms with Crippen LogP contribution in [0.4, 0.5) is 13.2 Å². The third-order valence-electron chi connectivity index (χ3n) is 6.23. The van der Waals surface area contributed by atoms with Crippen molar-refractivity contribution in [3.8, 4) is 0 Å². The molecule has 0 saturated carbocycles. The highest BCUT2D eigenvalue weighted by molar-refractivity contribution is 5.20. The molecule has 0 heterocycles. The van der Waals surface area contributed by atoms with Gasteiger partial charge < -0.3 is 4.74 Å². The molecule has 1 aromatic rings. The molecule has 0 aromatic heterocycles. The number of methoxy groups -OCH3 is 1. The van der Waals surface area contributed by atoms with E-state index in [4.69, 9.17) is 4.74 Å². The lowest BCUT2D eigenvalue weighted by Crippen LogP contribution is -2.30. The Morgan fingerprint density at radius 2 is 1.21 bits per heavy atom. The first-order valence-corrected chi connectivity index (χ1v) is 11.7. The molecule has 0 aliphatic heterocycles. The van der Waals surface area contributed by atoms with Crippen LogP contribution in [0.1, 0.15) is 109 Å². The standard InChI is InChI=1S/C25H41F3O/c1-4-6-7-8-9-11-14-17-25(5-2,29-3)18-15-12-10-13-16-21-19-23(27)24(28)20-22(21)26/h19-20H,4-18H2,1-3H3. The van der Waals surface area contributed by atoms with E-state index in [0.29, 0.717) is 12.5 Å². The van der Waals surface area contributed by atoms with Gasteiger partial charge in [-0.15, -0.1) is 0 Å². The van der Waals surface area contributed by atoms with E-state index < -0.39 is 17.5 Å². The number of rotatable bonds is 17. The quantitative estimate of drug-likeness (QED) is 0.183. The van der Waals surface area contributed by atoms with Gasteiger partial charge in [-0.05, 0) is 43.7 Å². The molecule has 4 heteroatoms. The monoisotopic (exact) mass is 414 g/mol. The zero-order valence-corrected chi connectivity index (χ0v) is 18.8. The molecule has 1 rings (SSSR count). The van der Waals surface area contributed by atoms with Gasteiger partial charge in [0.15, 0.2) is 11.6 Å². The maximum Gasteiger partial charge on any atom is 0.161 e. The van der Waals surface area contributed by atoms with E-state index in [1.807, 2.05) is 7.11 Å². The smallest absolute Gasteiger partial charge is 0.161 e. The first kappa shape index (κ1) is 26.0. The highest BCUT2D eigenvalue weighted by atomic mass is 19.2. The fourth-order valence-corrected chi connectivity index (χ4v) is 4.10. The van der Waals surface area contributed by atoms with Crippen molar-refractivity contribution in [3.63, 3.8) is 0 Å². The molecular weight excluding hydrogens is 373 g/mol. The topological polar surface area (TPSA) is 9.23 Å². The third kappa shape index (κ3) is 10.0. The van der Waals surface area contributed by atoms with Gasteiger partial charge in [0.1, 0.15) is 5.82 Å². The number of hydrogen-bond donors (Lipinski definition) is 0. The van der Waals surface area contributed by atoms with E-state index in [9.17, 15) is 13.2 Å². The molecule has 0 fully saturated rings. The zero-order chi connectivity index (χ0) is 21.5. The second-order valence-electron chi connectivity index (χ2n) is 8.38. The van der Waals surface area contributed by atoms with Crippen LogP contribution in [-0.4, -0.2) is 12.7 Å². The van der Waals surface area contributed by atoms with Crippen LogP contribution in [0.5, 0.6) is 0 Å². The fourth-order valence-electron chi connectivity index (χ4n) is 4.10. The molecular formula is C25H41F3O. The second-order valence-corrected chi connectivity index (χ2v) is 8.38. The number of benzene rings is 1. The Balaban J connectivity index is 2.24. The first-order chi connectivity index (χ1) is 14.0. The summed E-state index contributed by atoms with van der Waals surface area (Å²) in [6.45, 7) is 4.45. The minimum absolute atomic E-state index is 0.0182. The van der Waals surface area contributed by atoms with E-state index >= 15 is 0 Å². The summed E-state index contributed by atoms with van der Waals surface area (Å²) in [6, 6.07) is 1.63. The van der Waals surface area contributed by atoms with Crippen molar-refractivity contribution in [2.45, 2.75) is 116 Å². The Morgan fingerprint density at radius 3 is 1.76 bits per heavy atom. The second kappa shape index (κ2) is 14.9. The van der Waals surface area contributed by atoms with Crippen LogP contribution in [-0.2, 0) is 11.2 Å². The lowest BCUT2D eigenvalue weighted by Gasteiger charge is -2.32. The normalized spacial score (nSPS) is 13.6. The molecule has 1 nitrogen and oxygen atoms in total. The van der Waals surface area contributed by atoms with E-state index in [-0.39, 0.29) is 11.2 Å². The van der Waals surface area contributed by atoms with Crippen LogP contribution in [0, 0.1) is 17.5 Å². The summed E-state index contributed by atoms with van der Waals surface area (Å²) < 4.78 is 45.8. The molecule has 0 N–H and O–H groups in total. The predicted molar refractivity (Wildman–Crippen MR) is 116 cm³/mol. The van der Waals surface area contributed by atoms with Crippen LogP contribution < -0.4 is 0 Å². The Kier molecular flexibility index (Phi) is 13.3. The molecule has 0 saturated heterocycles. The van der Waals surface area contributed by atoms with Crippen LogP contribution >= 0.6 is 0 Å². The SMILES string of the molecule is CCCCCCCCCC(CC)(CCCCCCc1cc(F)c(F)cc1F)OC. The molecule has 0 spiro atoms. The predicted octanol–water partition coefficient (Wildman–Crippen LogP) is 8.53. The average Bonchev–Trinajstić information content (AvgIpc) is 2.72. The fraction of sp³-hybridized carbons (Fsp3) is 0.760. The van der Waals surface area contributed by atoms with Crippen LogP contribution in [0.2, 0.25) is 0 Å². The Morgan fingerprint density at radius 1 is 0.690 bits per heavy atom. The molecule has 1 unspecified atom stereocenters. The Bertz CT molecular complexity index is 555. The third-order valence-corrected chi connectivity index (χ3v) is 6.23. The van der Waals surface area contributed by atoms with E-state index in [2.05, 4.69) is 13.8 Å². The molecule has 29 heavy (non-hydrogen) atoms. The number of ether oxygens (including phenoxy) is 1. The molecule has 0 aliphatic carbocycles. The molecule has 168 valence electrons. The highest BCUT2D eigenvalue weighted by Crippen LogP contribution is 2.30. The minimum atomic E-state index is -1.12. The number of halogens is 3. The van der Waals surface area contributed by atoms with E-state index in [1.54, 1.807) is 0 Å². The molecule has 0 amide bonds. The van der Waals surface area contributed by atoms with Gasteiger partial charge in [-0.1, -0.05) is 78.1 Å². The van der Waals surface area contributed by atoms with Crippen LogP contribution in [0.15, 0.2) is 12.1 Å². The summed E-state index contributed by atoms with van der Waals surface area (Å²) in [5.41, 5.74) is 0.248. The van der Waals surface area contributed by atoms with Gasteiger partial charge in [0, 0.05) is 13.2 Å². The summed E-state index contributed by atoms with van der Waals surface area (Å²) >= 11 is 0. The van der Waals surface area contributed by atoms with Crippen LogP contribution in [0.3, 0.4) is 0 Å². The summed E-state index contributed by atoms with van der Waals surface area (Å²) in [4.78, 5) is 0. The van der Waals surface area contributed by atoms with Gasteiger partial charge in [-0.3, -0.25) is 0 Å². The zero-order valence-electron chi connectivity index (χ0n) is 18.8. The van der Waals surface area contributed by atoms with Crippen molar-refractivity contribution in [1.29, 1.82) is 0 Å². The van der Waals surface area contributed by atoms with Crippen molar-refractivity contribution in [2.24, 2.45) is 0 Å². The van der Waals surface area contributed by atoms with Gasteiger partial charge in [0.2, 0.25) is 0 Å². The molecule has 0 bridgehead atoms. The molecule has 0 radical (unpaired) electrons. The number of aryl methyl sites for hydroxylation is 1. The highest BCUT2D eigenvalue weighted by Gasteiger charge is 2.26. The lowest BCUT2D eigenvalue weighted by molar-refractivity contribution is -0.0311. The molecule has 1 atom stereocenters. The van der Waals surface area contributed by atoms with Gasteiger partial charge in [0.05, 0.1) is 5.60 Å². The van der Waals surface area contributed by atoms with Gasteiger partial charge >= 0.3 is 0 Å². The van der Waals surface area contributed by atoms with Gasteiger partial charge in [-0.2, -0.15) is 0 Å². The average molecular weight is 415 g/mol. The lowest BCUT2D eigenvalue weighted by atomic mass is 9.87. The number of unbranched alkanes of at least 4 members (excludes halogenated alkanes) is 9. The van der Waals surface area contributed by atoms with Gasteiger partial charge in [0.25, 0.3) is 0 Å². The summed E-state index contributed by atoms with van der Waals surface area (Å²) in [6.07, 6.45) is 16.7. The van der Waals surface area contributed by atoms with Crippen LogP contribution in [0.25, 0.3) is 0 Å². The Labute approximate surface area is 176 Å². The van der Waals surface area contributed by atoms with Crippen molar-refractivity contribution < 1.29 is 17.9 Å². The van der Waals surface area contributed by atoms with Crippen molar-refractivity contribution in [1.82, 2.24) is 0 Å². The largest absolute Gasteiger partial charge is 0.378 e. The Hall–Kier alpha value is -1.03. The minimum Gasteiger partial charge on any atom is -0.378 e. The summed E-state index contributed by atoms with van der Waals surface area (Å²) in [7, 11) is 1.83. The maximum absolute atomic E-state index is 13.7. The van der Waals surface area contributed by atoms with Crippen molar-refractivity contribution >= 4 is 0 Å². The molecule has 0 aliphatic rings.